The lowest BCUT2D eigenvalue weighted by atomic mass is 10.0. The van der Waals surface area contributed by atoms with Gasteiger partial charge in [-0.25, -0.2) is 8.42 Å². The predicted octanol–water partition coefficient (Wildman–Crippen LogP) is 3.06. The van der Waals surface area contributed by atoms with Gasteiger partial charge in [-0.3, -0.25) is 14.4 Å². The number of amides is 3. The molecule has 5 rings (SSSR count). The van der Waals surface area contributed by atoms with Gasteiger partial charge < -0.3 is 15.1 Å². The molecule has 210 valence electrons. The standard InChI is InChI=1S/C28H35ClN4O5S/c1-18(27(35)32-13-4-7-23(17-32)30-26(34)19-5-2-3-6-19)33-14-12-25(28(33)36)31-39(37,38)24-11-9-20-15-22(29)10-8-21(20)16-24/h8-11,15-16,18-19,23,25,31H,2-7,12-14,17H2,1H3,(H,30,34). The van der Waals surface area contributed by atoms with Gasteiger partial charge >= 0.3 is 0 Å². The fourth-order valence-electron chi connectivity index (χ4n) is 6.01. The molecule has 2 aliphatic heterocycles. The van der Waals surface area contributed by atoms with E-state index in [1.807, 2.05) is 0 Å². The molecule has 1 aliphatic carbocycles. The van der Waals surface area contributed by atoms with Gasteiger partial charge in [-0.2, -0.15) is 4.72 Å². The Labute approximate surface area is 234 Å². The number of nitrogens with zero attached hydrogens (tertiary/aromatic N) is 2. The molecule has 3 fully saturated rings. The molecule has 3 aliphatic rings. The minimum absolute atomic E-state index is 0.0618. The average Bonchev–Trinajstić information content (AvgIpc) is 3.58. The van der Waals surface area contributed by atoms with Crippen LogP contribution < -0.4 is 10.0 Å². The number of carbonyl (C=O) groups excluding carboxylic acids is 3. The van der Waals surface area contributed by atoms with Crippen LogP contribution in [0, 0.1) is 5.92 Å². The molecular formula is C28H35ClN4O5S. The van der Waals surface area contributed by atoms with Gasteiger partial charge in [0, 0.05) is 36.6 Å². The topological polar surface area (TPSA) is 116 Å². The molecule has 2 saturated heterocycles. The van der Waals surface area contributed by atoms with Gasteiger partial charge in [0.25, 0.3) is 0 Å². The molecule has 1 saturated carbocycles. The second kappa shape index (κ2) is 11.4. The maximum atomic E-state index is 13.4. The van der Waals surface area contributed by atoms with Crippen LogP contribution in [0.5, 0.6) is 0 Å². The van der Waals surface area contributed by atoms with Crippen molar-refractivity contribution in [3.8, 4) is 0 Å². The van der Waals surface area contributed by atoms with Crippen LogP contribution in [-0.2, 0) is 24.4 Å². The summed E-state index contributed by atoms with van der Waals surface area (Å²) in [6, 6.07) is 8.17. The van der Waals surface area contributed by atoms with Crippen molar-refractivity contribution < 1.29 is 22.8 Å². The molecule has 3 atom stereocenters. The Hall–Kier alpha value is -2.69. The normalized spacial score (nSPS) is 23.4. The van der Waals surface area contributed by atoms with Gasteiger partial charge in [0.1, 0.15) is 12.1 Å². The first-order valence-corrected chi connectivity index (χ1v) is 15.6. The summed E-state index contributed by atoms with van der Waals surface area (Å²) in [7, 11) is -3.96. The molecule has 3 unspecified atom stereocenters. The number of halogens is 1. The second-order valence-electron chi connectivity index (χ2n) is 10.9. The van der Waals surface area contributed by atoms with Crippen molar-refractivity contribution in [2.45, 2.75) is 74.9 Å². The number of piperidine rings is 1. The minimum atomic E-state index is -3.96. The van der Waals surface area contributed by atoms with Gasteiger partial charge in [0.15, 0.2) is 0 Å². The summed E-state index contributed by atoms with van der Waals surface area (Å²) in [6.45, 7) is 2.97. The summed E-state index contributed by atoms with van der Waals surface area (Å²) in [5, 5.41) is 5.23. The van der Waals surface area contributed by atoms with E-state index in [-0.39, 0.29) is 41.6 Å². The molecule has 0 bridgehead atoms. The maximum absolute atomic E-state index is 13.4. The van der Waals surface area contributed by atoms with E-state index in [1.54, 1.807) is 42.2 Å². The summed E-state index contributed by atoms with van der Waals surface area (Å²) in [5.41, 5.74) is 0. The number of nitrogens with one attached hydrogen (secondary N) is 2. The zero-order chi connectivity index (χ0) is 27.7. The van der Waals surface area contributed by atoms with E-state index in [9.17, 15) is 22.8 Å². The van der Waals surface area contributed by atoms with E-state index in [0.29, 0.717) is 18.1 Å². The maximum Gasteiger partial charge on any atom is 0.245 e. The van der Waals surface area contributed by atoms with E-state index in [1.165, 1.54) is 11.0 Å². The number of benzene rings is 2. The number of rotatable bonds is 7. The van der Waals surface area contributed by atoms with Crippen molar-refractivity contribution in [2.75, 3.05) is 19.6 Å². The highest BCUT2D eigenvalue weighted by Crippen LogP contribution is 2.26. The fraction of sp³-hybridized carbons (Fsp3) is 0.536. The third-order valence-electron chi connectivity index (χ3n) is 8.25. The third kappa shape index (κ3) is 6.07. The highest BCUT2D eigenvalue weighted by molar-refractivity contribution is 7.89. The molecule has 39 heavy (non-hydrogen) atoms. The Morgan fingerprint density at radius 2 is 1.69 bits per heavy atom. The second-order valence-corrected chi connectivity index (χ2v) is 13.1. The van der Waals surface area contributed by atoms with E-state index in [2.05, 4.69) is 10.0 Å². The lowest BCUT2D eigenvalue weighted by Gasteiger charge is -2.36. The number of sulfonamides is 1. The Kier molecular flexibility index (Phi) is 8.16. The summed E-state index contributed by atoms with van der Waals surface area (Å²) in [6.07, 6.45) is 5.91. The van der Waals surface area contributed by atoms with Gasteiger partial charge in [-0.1, -0.05) is 36.6 Å². The fourth-order valence-corrected chi connectivity index (χ4v) is 7.45. The van der Waals surface area contributed by atoms with Crippen molar-refractivity contribution in [1.29, 1.82) is 0 Å². The molecule has 0 aromatic heterocycles. The molecule has 0 radical (unpaired) electrons. The zero-order valence-electron chi connectivity index (χ0n) is 22.1. The molecule has 2 aromatic rings. The first-order chi connectivity index (χ1) is 18.6. The number of likely N-dealkylation sites (tertiary alicyclic amines) is 2. The first kappa shape index (κ1) is 27.9. The molecule has 9 nitrogen and oxygen atoms in total. The van der Waals surface area contributed by atoms with E-state index >= 15 is 0 Å². The molecule has 11 heteroatoms. The number of fused-ring (bicyclic) bond motifs is 1. The molecule has 2 N–H and O–H groups in total. The van der Waals surface area contributed by atoms with Crippen LogP contribution in [0.1, 0.15) is 51.9 Å². The van der Waals surface area contributed by atoms with Crippen LogP contribution in [0.25, 0.3) is 10.8 Å². The molecule has 3 amide bonds. The van der Waals surface area contributed by atoms with Crippen LogP contribution in [0.2, 0.25) is 5.02 Å². The Morgan fingerprint density at radius 1 is 0.974 bits per heavy atom. The van der Waals surface area contributed by atoms with Crippen LogP contribution in [0.15, 0.2) is 41.3 Å². The van der Waals surface area contributed by atoms with E-state index in [4.69, 9.17) is 11.6 Å². The van der Waals surface area contributed by atoms with Crippen molar-refractivity contribution >= 4 is 50.1 Å². The summed E-state index contributed by atoms with van der Waals surface area (Å²) < 4.78 is 28.7. The van der Waals surface area contributed by atoms with Crippen molar-refractivity contribution in [1.82, 2.24) is 19.8 Å². The summed E-state index contributed by atoms with van der Waals surface area (Å²) in [5.74, 6) is -0.430. The smallest absolute Gasteiger partial charge is 0.245 e. The Balaban J connectivity index is 1.19. The Morgan fingerprint density at radius 3 is 2.46 bits per heavy atom. The average molecular weight is 575 g/mol. The van der Waals surface area contributed by atoms with Gasteiger partial charge in [0.2, 0.25) is 27.7 Å². The summed E-state index contributed by atoms with van der Waals surface area (Å²) >= 11 is 6.02. The van der Waals surface area contributed by atoms with Gasteiger partial charge in [-0.05, 0) is 74.1 Å². The highest BCUT2D eigenvalue weighted by atomic mass is 35.5. The first-order valence-electron chi connectivity index (χ1n) is 13.7. The molecule has 2 aromatic carbocycles. The van der Waals surface area contributed by atoms with Crippen molar-refractivity contribution in [3.63, 3.8) is 0 Å². The van der Waals surface area contributed by atoms with Crippen LogP contribution >= 0.6 is 11.6 Å². The van der Waals surface area contributed by atoms with E-state index in [0.717, 1.165) is 49.3 Å². The van der Waals surface area contributed by atoms with Crippen molar-refractivity contribution in [3.05, 3.63) is 41.4 Å². The molecular weight excluding hydrogens is 540 g/mol. The predicted molar refractivity (Wildman–Crippen MR) is 149 cm³/mol. The number of hydrogen-bond donors (Lipinski definition) is 2. The summed E-state index contributed by atoms with van der Waals surface area (Å²) in [4.78, 5) is 42.4. The van der Waals surface area contributed by atoms with Gasteiger partial charge in [0.05, 0.1) is 4.90 Å². The SMILES string of the molecule is CC(C(=O)N1CCCC(NC(=O)C2CCCC2)C1)N1CCC(NS(=O)(=O)c2ccc3cc(Cl)ccc3c2)C1=O. The third-order valence-corrected chi connectivity index (χ3v) is 9.96. The molecule has 2 heterocycles. The van der Waals surface area contributed by atoms with Crippen LogP contribution in [0.4, 0.5) is 0 Å². The van der Waals surface area contributed by atoms with E-state index < -0.39 is 28.0 Å². The number of carbonyl (C=O) groups is 3. The zero-order valence-corrected chi connectivity index (χ0v) is 23.6. The van der Waals surface area contributed by atoms with Crippen LogP contribution in [-0.4, -0.2) is 73.7 Å². The largest absolute Gasteiger partial charge is 0.351 e. The van der Waals surface area contributed by atoms with Gasteiger partial charge in [-0.15, -0.1) is 0 Å². The quantitative estimate of drug-likeness (QED) is 0.527. The van der Waals surface area contributed by atoms with Crippen molar-refractivity contribution in [2.24, 2.45) is 5.92 Å². The van der Waals surface area contributed by atoms with Crippen LogP contribution in [0.3, 0.4) is 0 Å². The molecule has 0 spiro atoms. The lowest BCUT2D eigenvalue weighted by Crippen LogP contribution is -2.55. The Bertz CT molecular complexity index is 1380. The lowest BCUT2D eigenvalue weighted by molar-refractivity contribution is -0.144. The highest BCUT2D eigenvalue weighted by Gasteiger charge is 2.41. The number of hydrogen-bond acceptors (Lipinski definition) is 5. The minimum Gasteiger partial charge on any atom is -0.351 e. The monoisotopic (exact) mass is 574 g/mol.